The lowest BCUT2D eigenvalue weighted by Crippen LogP contribution is -2.37. The van der Waals surface area contributed by atoms with Crippen LogP contribution in [-0.2, 0) is 6.67 Å². The number of urea groups is 1. The van der Waals surface area contributed by atoms with Crippen LogP contribution in [-0.4, -0.2) is 59.2 Å². The van der Waals surface area contributed by atoms with Crippen molar-refractivity contribution in [1.29, 1.82) is 0 Å². The van der Waals surface area contributed by atoms with Crippen molar-refractivity contribution >= 4 is 24.3 Å². The Morgan fingerprint density at radius 3 is 2.27 bits per heavy atom. The average Bonchev–Trinajstić information content (AvgIpc) is 2.79. The van der Waals surface area contributed by atoms with Crippen LogP contribution in [0.25, 0.3) is 11.0 Å². The van der Waals surface area contributed by atoms with Crippen LogP contribution in [0.15, 0.2) is 24.3 Å². The van der Waals surface area contributed by atoms with Gasteiger partial charge in [-0.1, -0.05) is 17.3 Å². The molecule has 0 atom stereocenters. The molecule has 1 aromatic heterocycles. The minimum Gasteiger partial charge on any atom is -0.418 e. The highest BCUT2D eigenvalue weighted by Gasteiger charge is 2.20. The second kappa shape index (κ2) is 7.10. The summed E-state index contributed by atoms with van der Waals surface area (Å²) in [7, 11) is -0.824. The predicted molar refractivity (Wildman–Crippen MR) is 74.6 cm³/mol. The number of fused-ring (bicyclic) bond motifs is 1. The van der Waals surface area contributed by atoms with Crippen molar-refractivity contribution in [1.82, 2.24) is 24.8 Å². The molecule has 1 heterocycles. The van der Waals surface area contributed by atoms with Gasteiger partial charge < -0.3 is 27.1 Å². The number of hydrogen-bond acceptors (Lipinski definition) is 3. The normalized spacial score (nSPS) is 10.9. The van der Waals surface area contributed by atoms with Crippen LogP contribution in [0.2, 0.25) is 0 Å². The highest BCUT2D eigenvalue weighted by molar-refractivity contribution is 6.50. The summed E-state index contributed by atoms with van der Waals surface area (Å²) in [6, 6.07) is 7.60. The van der Waals surface area contributed by atoms with Crippen molar-refractivity contribution in [2.24, 2.45) is 0 Å². The van der Waals surface area contributed by atoms with Crippen LogP contribution in [0.3, 0.4) is 0 Å². The fraction of sp³-hybridized carbons (Fsp3) is 0.364. The highest BCUT2D eigenvalue weighted by Crippen LogP contribution is 2.10. The minimum atomic E-state index is -6.00. The number of halogens is 4. The number of para-hydroxylation sites is 1. The maximum absolute atomic E-state index is 11.7. The molecule has 2 amide bonds. The van der Waals surface area contributed by atoms with Crippen LogP contribution in [0.5, 0.6) is 0 Å². The maximum Gasteiger partial charge on any atom is 0.673 e. The Kier molecular flexibility index (Phi) is 5.72. The quantitative estimate of drug-likeness (QED) is 0.630. The van der Waals surface area contributed by atoms with Gasteiger partial charge in [-0.2, -0.15) is 0 Å². The molecule has 0 bridgehead atoms. The van der Waals surface area contributed by atoms with E-state index in [-0.39, 0.29) is 6.03 Å². The number of hydrogen-bond donors (Lipinski definition) is 0. The number of carbonyl (C=O) groups is 1. The lowest BCUT2D eigenvalue weighted by atomic mass is 10.3. The molecule has 0 saturated heterocycles. The first-order valence-corrected chi connectivity index (χ1v) is 6.17. The molecule has 0 aliphatic rings. The lowest BCUT2D eigenvalue weighted by Gasteiger charge is -2.21. The number of benzene rings is 1. The third-order valence-corrected chi connectivity index (χ3v) is 2.48. The number of nitrogens with zero attached hydrogens (tertiary/aromatic N) is 5. The summed E-state index contributed by atoms with van der Waals surface area (Å²) in [6.07, 6.45) is 0. The van der Waals surface area contributed by atoms with E-state index in [2.05, 4.69) is 10.3 Å². The fourth-order valence-corrected chi connectivity index (χ4v) is 1.62. The van der Waals surface area contributed by atoms with Gasteiger partial charge in [-0.05, 0) is 12.1 Å². The Balaban J connectivity index is 0.000000422. The van der Waals surface area contributed by atoms with Crippen LogP contribution < -0.4 is 0 Å². The molecular formula is C11H15BF4N5O-. The third kappa shape index (κ3) is 5.58. The standard InChI is InChI=1S/C11H15N5O.BF4/c1-14(2)11(17)15(3)8-16-10-7-5-4-6-9(10)12-13-16;2-1(3,4)5/h4-7H,8H2,1-3H3;/q;-1. The van der Waals surface area contributed by atoms with Gasteiger partial charge in [0.1, 0.15) is 12.2 Å². The molecule has 122 valence electrons. The summed E-state index contributed by atoms with van der Waals surface area (Å²) >= 11 is 0. The van der Waals surface area contributed by atoms with Gasteiger partial charge in [0, 0.05) is 21.1 Å². The van der Waals surface area contributed by atoms with E-state index in [1.807, 2.05) is 24.3 Å². The molecule has 0 saturated carbocycles. The van der Waals surface area contributed by atoms with Gasteiger partial charge >= 0.3 is 13.3 Å². The Morgan fingerprint density at radius 2 is 1.73 bits per heavy atom. The molecule has 2 rings (SSSR count). The predicted octanol–water partition coefficient (Wildman–Crippen LogP) is 2.30. The Morgan fingerprint density at radius 1 is 1.18 bits per heavy atom. The molecule has 11 heteroatoms. The maximum atomic E-state index is 11.7. The van der Waals surface area contributed by atoms with Gasteiger partial charge in [-0.15, -0.1) is 5.10 Å². The van der Waals surface area contributed by atoms with Crippen molar-refractivity contribution in [2.75, 3.05) is 21.1 Å². The minimum absolute atomic E-state index is 0.0652. The van der Waals surface area contributed by atoms with E-state index in [0.29, 0.717) is 6.67 Å². The molecular weight excluding hydrogens is 305 g/mol. The Labute approximate surface area is 124 Å². The third-order valence-electron chi connectivity index (χ3n) is 2.48. The summed E-state index contributed by atoms with van der Waals surface area (Å²) < 4.78 is 40.7. The number of amides is 2. The molecule has 0 N–H and O–H groups in total. The first kappa shape index (κ1) is 17.7. The molecule has 0 aliphatic carbocycles. The van der Waals surface area contributed by atoms with E-state index in [1.165, 1.54) is 4.90 Å². The summed E-state index contributed by atoms with van der Waals surface area (Å²) in [5, 5.41) is 8.07. The molecule has 2 aromatic rings. The number of rotatable bonds is 2. The van der Waals surface area contributed by atoms with E-state index in [0.717, 1.165) is 11.0 Å². The monoisotopic (exact) mass is 320 g/mol. The lowest BCUT2D eigenvalue weighted by molar-refractivity contribution is 0.167. The second-order valence-electron chi connectivity index (χ2n) is 4.59. The van der Waals surface area contributed by atoms with E-state index in [9.17, 15) is 22.1 Å². The SMILES string of the molecule is CN(C)C(=O)N(C)Cn1nnc2ccccc21.F[B-](F)(F)F. The molecule has 22 heavy (non-hydrogen) atoms. The average molecular weight is 320 g/mol. The first-order valence-electron chi connectivity index (χ1n) is 6.17. The van der Waals surface area contributed by atoms with E-state index in [1.54, 1.807) is 30.7 Å². The second-order valence-corrected chi connectivity index (χ2v) is 4.59. The number of aromatic nitrogens is 3. The Bertz CT molecular complexity index is 624. The zero-order chi connectivity index (χ0) is 16.9. The molecule has 0 aliphatic heterocycles. The van der Waals surface area contributed by atoms with Crippen molar-refractivity contribution in [3.8, 4) is 0 Å². The Hall–Kier alpha value is -2.33. The molecule has 1 aromatic carbocycles. The van der Waals surface area contributed by atoms with Gasteiger partial charge in [0.05, 0.1) is 5.52 Å². The summed E-state index contributed by atoms with van der Waals surface area (Å²) in [5.41, 5.74) is 1.75. The zero-order valence-electron chi connectivity index (χ0n) is 12.3. The van der Waals surface area contributed by atoms with Crippen LogP contribution in [0, 0.1) is 0 Å². The van der Waals surface area contributed by atoms with Gasteiger partial charge in [0.25, 0.3) is 0 Å². The van der Waals surface area contributed by atoms with Crippen molar-refractivity contribution in [2.45, 2.75) is 6.67 Å². The number of carbonyl (C=O) groups excluding carboxylic acids is 1. The molecule has 0 fully saturated rings. The molecule has 6 nitrogen and oxygen atoms in total. The molecule has 0 radical (unpaired) electrons. The largest absolute Gasteiger partial charge is 0.673 e. The topological polar surface area (TPSA) is 54.3 Å². The van der Waals surface area contributed by atoms with Crippen LogP contribution in [0.1, 0.15) is 0 Å². The van der Waals surface area contributed by atoms with Gasteiger partial charge in [0.2, 0.25) is 0 Å². The van der Waals surface area contributed by atoms with E-state index < -0.39 is 7.25 Å². The van der Waals surface area contributed by atoms with Crippen LogP contribution in [0.4, 0.5) is 22.1 Å². The zero-order valence-corrected chi connectivity index (χ0v) is 12.3. The van der Waals surface area contributed by atoms with Gasteiger partial charge in [-0.25, -0.2) is 9.48 Å². The van der Waals surface area contributed by atoms with Crippen LogP contribution >= 0.6 is 0 Å². The smallest absolute Gasteiger partial charge is 0.418 e. The van der Waals surface area contributed by atoms with Crippen molar-refractivity contribution in [3.05, 3.63) is 24.3 Å². The van der Waals surface area contributed by atoms with Gasteiger partial charge in [-0.3, -0.25) is 0 Å². The van der Waals surface area contributed by atoms with E-state index >= 15 is 0 Å². The molecule has 0 unspecified atom stereocenters. The summed E-state index contributed by atoms with van der Waals surface area (Å²) in [6.45, 7) is 0.386. The fourth-order valence-electron chi connectivity index (χ4n) is 1.62. The molecule has 0 spiro atoms. The van der Waals surface area contributed by atoms with Gasteiger partial charge in [0.15, 0.2) is 0 Å². The van der Waals surface area contributed by atoms with E-state index in [4.69, 9.17) is 0 Å². The first-order chi connectivity index (χ1) is 10.1. The van der Waals surface area contributed by atoms with Crippen molar-refractivity contribution < 1.29 is 22.1 Å². The summed E-state index contributed by atoms with van der Waals surface area (Å²) in [5.74, 6) is 0. The summed E-state index contributed by atoms with van der Waals surface area (Å²) in [4.78, 5) is 14.8. The highest BCUT2D eigenvalue weighted by atomic mass is 19.5. The van der Waals surface area contributed by atoms with Crippen molar-refractivity contribution in [3.63, 3.8) is 0 Å².